The minimum absolute atomic E-state index is 0.0392. The molecule has 0 spiro atoms. The predicted octanol–water partition coefficient (Wildman–Crippen LogP) is 6.42. The Morgan fingerprint density at radius 1 is 0.958 bits per heavy atom. The molecule has 1 saturated carbocycles. The summed E-state index contributed by atoms with van der Waals surface area (Å²) in [7, 11) is 0. The van der Waals surface area contributed by atoms with Gasteiger partial charge in [-0.05, 0) is 85.3 Å². The Balaban J connectivity index is 0.000000218. The number of carbonyl (C=O) groups is 4. The molecule has 2 fully saturated rings. The van der Waals surface area contributed by atoms with Crippen LogP contribution in [0.3, 0.4) is 0 Å². The van der Waals surface area contributed by atoms with E-state index in [1.54, 1.807) is 0 Å². The van der Waals surface area contributed by atoms with Crippen molar-refractivity contribution in [3.8, 4) is 5.75 Å². The molecule has 1 aromatic heterocycles. The number of benzene rings is 2. The molecule has 1 saturated heterocycles. The SMILES string of the molecule is CC(C)C1CCC(C(=O)N[C@H](Cc2ccccc2)C(=O)O)CC1.CCc1ccc(CCOc2ccc(CC3SC(=O)NC3=O)cc2)nc1. The molecule has 10 heteroatoms. The quantitative estimate of drug-likeness (QED) is 0.189. The molecule has 2 aliphatic rings. The second-order valence-corrected chi connectivity index (χ2v) is 14.0. The number of imide groups is 1. The molecule has 48 heavy (non-hydrogen) atoms. The highest BCUT2D eigenvalue weighted by atomic mass is 32.2. The first-order valence-corrected chi connectivity index (χ1v) is 17.7. The lowest BCUT2D eigenvalue weighted by Crippen LogP contribution is -2.45. The summed E-state index contributed by atoms with van der Waals surface area (Å²) < 4.78 is 5.75. The molecule has 2 aromatic carbocycles. The highest BCUT2D eigenvalue weighted by molar-refractivity contribution is 8.15. The summed E-state index contributed by atoms with van der Waals surface area (Å²) in [6, 6.07) is 20.3. The lowest BCUT2D eigenvalue weighted by Gasteiger charge is -2.30. The number of amides is 3. The standard InChI is InChI=1S/C19H20N2O3S.C19H27NO3/c1-2-13-3-6-15(20-12-13)9-10-24-16-7-4-14(5-8-16)11-17-18(22)21-19(23)25-17;1-13(2)15-8-10-16(11-9-15)18(21)20-17(19(22)23)12-14-6-4-3-5-7-14/h3-8,12,17H,2,9-11H2,1H3,(H,21,22,23);3-7,13,15-17H,8-12H2,1-2H3,(H,20,21)(H,22,23)/t;15?,16?,17-/m.1/s1. The van der Waals surface area contributed by atoms with Crippen LogP contribution in [0.5, 0.6) is 5.75 Å². The van der Waals surface area contributed by atoms with Gasteiger partial charge in [-0.3, -0.25) is 24.7 Å². The van der Waals surface area contributed by atoms with Crippen LogP contribution in [0.15, 0.2) is 72.9 Å². The molecule has 1 aliphatic carbocycles. The Bertz CT molecular complexity index is 1490. The van der Waals surface area contributed by atoms with E-state index < -0.39 is 12.0 Å². The van der Waals surface area contributed by atoms with Gasteiger partial charge >= 0.3 is 5.97 Å². The summed E-state index contributed by atoms with van der Waals surface area (Å²) in [5.41, 5.74) is 4.18. The molecular weight excluding hydrogens is 627 g/mol. The van der Waals surface area contributed by atoms with Gasteiger partial charge in [0.05, 0.1) is 11.9 Å². The maximum absolute atomic E-state index is 12.4. The number of aromatic nitrogens is 1. The van der Waals surface area contributed by atoms with E-state index in [2.05, 4.69) is 42.5 Å². The Labute approximate surface area is 287 Å². The highest BCUT2D eigenvalue weighted by Crippen LogP contribution is 2.33. The number of carbonyl (C=O) groups excluding carboxylic acids is 3. The third-order valence-corrected chi connectivity index (χ3v) is 10.00. The van der Waals surface area contributed by atoms with Crippen molar-refractivity contribution in [1.82, 2.24) is 15.6 Å². The zero-order chi connectivity index (χ0) is 34.5. The normalized spacial score (nSPS) is 19.5. The van der Waals surface area contributed by atoms with Crippen LogP contribution in [-0.2, 0) is 40.1 Å². The topological polar surface area (TPSA) is 135 Å². The number of aryl methyl sites for hydroxylation is 1. The van der Waals surface area contributed by atoms with Gasteiger partial charge in [-0.25, -0.2) is 4.79 Å². The third kappa shape index (κ3) is 11.5. The third-order valence-electron chi connectivity index (χ3n) is 9.02. The molecule has 5 rings (SSSR count). The van der Waals surface area contributed by atoms with Crippen LogP contribution in [0.2, 0.25) is 0 Å². The summed E-state index contributed by atoms with van der Waals surface area (Å²) in [4.78, 5) is 51.0. The molecular formula is C38H47N3O6S. The van der Waals surface area contributed by atoms with E-state index in [4.69, 9.17) is 4.74 Å². The summed E-state index contributed by atoms with van der Waals surface area (Å²) in [5, 5.41) is 13.8. The molecule has 0 bridgehead atoms. The van der Waals surface area contributed by atoms with Gasteiger partial charge < -0.3 is 15.2 Å². The fraction of sp³-hybridized carbons (Fsp3) is 0.447. The Hall–Kier alpha value is -4.18. The zero-order valence-electron chi connectivity index (χ0n) is 28.0. The average Bonchev–Trinajstić information content (AvgIpc) is 3.41. The van der Waals surface area contributed by atoms with Crippen LogP contribution in [0.25, 0.3) is 0 Å². The number of hydrogen-bond acceptors (Lipinski definition) is 7. The predicted molar refractivity (Wildman–Crippen MR) is 188 cm³/mol. The minimum Gasteiger partial charge on any atom is -0.493 e. The van der Waals surface area contributed by atoms with E-state index in [-0.39, 0.29) is 28.2 Å². The monoisotopic (exact) mass is 673 g/mol. The Kier molecular flexibility index (Phi) is 14.0. The van der Waals surface area contributed by atoms with Crippen LogP contribution in [-0.4, -0.2) is 51.0 Å². The first-order chi connectivity index (χ1) is 23.1. The second-order valence-electron chi connectivity index (χ2n) is 12.8. The molecule has 256 valence electrons. The molecule has 2 heterocycles. The van der Waals surface area contributed by atoms with Gasteiger partial charge in [0.25, 0.3) is 5.24 Å². The molecule has 3 amide bonds. The fourth-order valence-corrected chi connectivity index (χ4v) is 6.80. The molecule has 1 aliphatic heterocycles. The summed E-state index contributed by atoms with van der Waals surface area (Å²) >= 11 is 1.05. The lowest BCUT2D eigenvalue weighted by atomic mass is 9.76. The first kappa shape index (κ1) is 36.7. The van der Waals surface area contributed by atoms with Crippen molar-refractivity contribution >= 4 is 34.8 Å². The number of aliphatic carboxylic acids is 1. The number of hydrogen-bond donors (Lipinski definition) is 3. The van der Waals surface area contributed by atoms with Crippen molar-refractivity contribution in [2.24, 2.45) is 17.8 Å². The maximum Gasteiger partial charge on any atom is 0.326 e. The van der Waals surface area contributed by atoms with Gasteiger partial charge in [-0.1, -0.05) is 81.1 Å². The van der Waals surface area contributed by atoms with E-state index in [1.807, 2.05) is 66.9 Å². The van der Waals surface area contributed by atoms with Crippen molar-refractivity contribution in [2.75, 3.05) is 6.61 Å². The van der Waals surface area contributed by atoms with E-state index in [0.717, 1.165) is 72.9 Å². The minimum atomic E-state index is -0.974. The van der Waals surface area contributed by atoms with Crippen molar-refractivity contribution in [2.45, 2.75) is 83.4 Å². The van der Waals surface area contributed by atoms with Gasteiger partial charge in [0.2, 0.25) is 11.8 Å². The van der Waals surface area contributed by atoms with Crippen LogP contribution in [0.4, 0.5) is 4.79 Å². The largest absolute Gasteiger partial charge is 0.493 e. The highest BCUT2D eigenvalue weighted by Gasteiger charge is 2.32. The Morgan fingerprint density at radius 3 is 2.21 bits per heavy atom. The number of nitrogens with one attached hydrogen (secondary N) is 2. The molecule has 2 atom stereocenters. The zero-order valence-corrected chi connectivity index (χ0v) is 28.8. The molecule has 3 aromatic rings. The number of carboxylic acids is 1. The van der Waals surface area contributed by atoms with Crippen molar-refractivity contribution in [1.29, 1.82) is 0 Å². The average molecular weight is 674 g/mol. The van der Waals surface area contributed by atoms with Crippen molar-refractivity contribution < 1.29 is 29.0 Å². The van der Waals surface area contributed by atoms with Gasteiger partial charge in [0.1, 0.15) is 11.8 Å². The maximum atomic E-state index is 12.4. The summed E-state index contributed by atoms with van der Waals surface area (Å²) in [6.07, 6.45) is 8.38. The number of nitrogens with zero attached hydrogens (tertiary/aromatic N) is 1. The lowest BCUT2D eigenvalue weighted by molar-refractivity contribution is -0.142. The first-order valence-electron chi connectivity index (χ1n) is 16.8. The fourth-order valence-electron chi connectivity index (χ4n) is 5.94. The Morgan fingerprint density at radius 2 is 1.65 bits per heavy atom. The number of rotatable bonds is 13. The van der Waals surface area contributed by atoms with E-state index >= 15 is 0 Å². The number of thioether (sulfide) groups is 1. The molecule has 0 radical (unpaired) electrons. The second kappa shape index (κ2) is 18.4. The molecule has 1 unspecified atom stereocenters. The summed E-state index contributed by atoms with van der Waals surface area (Å²) in [5.74, 6) is 0.809. The van der Waals surface area contributed by atoms with Gasteiger partial charge in [-0.2, -0.15) is 0 Å². The van der Waals surface area contributed by atoms with Crippen molar-refractivity contribution in [3.63, 3.8) is 0 Å². The van der Waals surface area contributed by atoms with Crippen LogP contribution in [0, 0.1) is 17.8 Å². The van der Waals surface area contributed by atoms with Gasteiger partial charge in [0, 0.05) is 30.7 Å². The molecule has 9 nitrogen and oxygen atoms in total. The van der Waals surface area contributed by atoms with E-state index in [0.29, 0.717) is 31.3 Å². The van der Waals surface area contributed by atoms with E-state index in [9.17, 15) is 24.3 Å². The smallest absolute Gasteiger partial charge is 0.326 e. The number of ether oxygens (including phenoxy) is 1. The van der Waals surface area contributed by atoms with Gasteiger partial charge in [0.15, 0.2) is 0 Å². The van der Waals surface area contributed by atoms with Crippen molar-refractivity contribution in [3.05, 3.63) is 95.3 Å². The summed E-state index contributed by atoms with van der Waals surface area (Å²) in [6.45, 7) is 7.13. The van der Waals surface area contributed by atoms with Crippen LogP contribution < -0.4 is 15.4 Å². The number of pyridine rings is 1. The van der Waals surface area contributed by atoms with Crippen LogP contribution >= 0.6 is 11.8 Å². The van der Waals surface area contributed by atoms with Gasteiger partial charge in [-0.15, -0.1) is 0 Å². The molecule has 3 N–H and O–H groups in total. The van der Waals surface area contributed by atoms with Crippen LogP contribution in [0.1, 0.15) is 68.8 Å². The number of carboxylic acid groups (broad SMARTS) is 1. The van der Waals surface area contributed by atoms with E-state index in [1.165, 1.54) is 5.56 Å².